The SMILES string of the molecule is CC(=O)OCc1cc(CCc2ccc([N+](=O)[O-])cc2)cc(C)n1. The number of carbonyl (C=O) groups excluding carboxylic acids is 1. The fourth-order valence-corrected chi connectivity index (χ4v) is 2.28. The molecule has 1 heterocycles. The molecule has 1 aromatic heterocycles. The lowest BCUT2D eigenvalue weighted by molar-refractivity contribution is -0.384. The Hall–Kier alpha value is -2.76. The molecular formula is C17H18N2O4. The second-order valence-corrected chi connectivity index (χ2v) is 5.31. The number of ether oxygens (including phenoxy) is 1. The minimum absolute atomic E-state index is 0.0946. The molecule has 0 saturated heterocycles. The third-order valence-electron chi connectivity index (χ3n) is 3.34. The highest BCUT2D eigenvalue weighted by Gasteiger charge is 2.06. The van der Waals surface area contributed by atoms with Crippen molar-refractivity contribution in [1.29, 1.82) is 0 Å². The fourth-order valence-electron chi connectivity index (χ4n) is 2.28. The van der Waals surface area contributed by atoms with Crippen LogP contribution in [0, 0.1) is 17.0 Å². The van der Waals surface area contributed by atoms with Gasteiger partial charge in [0.25, 0.3) is 5.69 Å². The Bertz CT molecular complexity index is 711. The summed E-state index contributed by atoms with van der Waals surface area (Å²) >= 11 is 0. The first kappa shape index (κ1) is 16.6. The van der Waals surface area contributed by atoms with Gasteiger partial charge in [0.15, 0.2) is 0 Å². The number of hydrogen-bond acceptors (Lipinski definition) is 5. The zero-order valence-electron chi connectivity index (χ0n) is 13.1. The van der Waals surface area contributed by atoms with E-state index in [0.717, 1.165) is 35.4 Å². The van der Waals surface area contributed by atoms with Gasteiger partial charge in [-0.2, -0.15) is 0 Å². The number of nitro benzene ring substituents is 1. The lowest BCUT2D eigenvalue weighted by Gasteiger charge is -2.07. The number of carbonyl (C=O) groups is 1. The Labute approximate surface area is 134 Å². The van der Waals surface area contributed by atoms with Crippen LogP contribution in [-0.2, 0) is 29.0 Å². The molecule has 0 amide bonds. The number of pyridine rings is 1. The van der Waals surface area contributed by atoms with Crippen molar-refractivity contribution >= 4 is 11.7 Å². The quantitative estimate of drug-likeness (QED) is 0.465. The first-order valence-electron chi connectivity index (χ1n) is 7.27. The summed E-state index contributed by atoms with van der Waals surface area (Å²) in [5.74, 6) is -0.333. The van der Waals surface area contributed by atoms with Crippen LogP contribution >= 0.6 is 0 Å². The maximum Gasteiger partial charge on any atom is 0.303 e. The summed E-state index contributed by atoms with van der Waals surface area (Å²) in [5.41, 5.74) is 3.81. The van der Waals surface area contributed by atoms with E-state index in [0.29, 0.717) is 0 Å². The van der Waals surface area contributed by atoms with Gasteiger partial charge in [0.1, 0.15) is 6.61 Å². The van der Waals surface area contributed by atoms with Gasteiger partial charge in [0, 0.05) is 24.8 Å². The average molecular weight is 314 g/mol. The molecule has 0 unspecified atom stereocenters. The van der Waals surface area contributed by atoms with Gasteiger partial charge in [-0.25, -0.2) is 0 Å². The smallest absolute Gasteiger partial charge is 0.303 e. The molecule has 0 saturated carbocycles. The predicted molar refractivity (Wildman–Crippen MR) is 84.9 cm³/mol. The van der Waals surface area contributed by atoms with Crippen LogP contribution in [0.15, 0.2) is 36.4 Å². The van der Waals surface area contributed by atoms with E-state index in [4.69, 9.17) is 4.74 Å². The summed E-state index contributed by atoms with van der Waals surface area (Å²) in [6.45, 7) is 3.43. The zero-order chi connectivity index (χ0) is 16.8. The summed E-state index contributed by atoms with van der Waals surface area (Å²) in [7, 11) is 0. The van der Waals surface area contributed by atoms with Crippen LogP contribution in [0.25, 0.3) is 0 Å². The number of nitro groups is 1. The lowest BCUT2D eigenvalue weighted by atomic mass is 10.0. The summed E-state index contributed by atoms with van der Waals surface area (Å²) < 4.78 is 4.97. The number of non-ortho nitro benzene ring substituents is 1. The monoisotopic (exact) mass is 314 g/mol. The molecule has 0 spiro atoms. The third-order valence-corrected chi connectivity index (χ3v) is 3.34. The molecule has 120 valence electrons. The number of aryl methyl sites for hydroxylation is 3. The van der Waals surface area contributed by atoms with Gasteiger partial charge in [-0.1, -0.05) is 12.1 Å². The molecule has 0 aliphatic carbocycles. The number of esters is 1. The van der Waals surface area contributed by atoms with E-state index >= 15 is 0 Å². The van der Waals surface area contributed by atoms with Gasteiger partial charge >= 0.3 is 5.97 Å². The molecule has 1 aromatic carbocycles. The second-order valence-electron chi connectivity index (χ2n) is 5.31. The summed E-state index contributed by atoms with van der Waals surface area (Å²) in [4.78, 5) is 25.4. The van der Waals surface area contributed by atoms with Crippen molar-refractivity contribution in [2.75, 3.05) is 0 Å². The number of aromatic nitrogens is 1. The first-order valence-corrected chi connectivity index (χ1v) is 7.27. The van der Waals surface area contributed by atoms with Crippen LogP contribution in [-0.4, -0.2) is 15.9 Å². The lowest BCUT2D eigenvalue weighted by Crippen LogP contribution is -2.03. The highest BCUT2D eigenvalue weighted by atomic mass is 16.6. The van der Waals surface area contributed by atoms with Crippen LogP contribution in [0.5, 0.6) is 0 Å². The fraction of sp³-hybridized carbons (Fsp3) is 0.294. The van der Waals surface area contributed by atoms with Gasteiger partial charge in [-0.05, 0) is 43.0 Å². The van der Waals surface area contributed by atoms with Crippen molar-refractivity contribution in [3.05, 3.63) is 69.0 Å². The second kappa shape index (κ2) is 7.49. The Kier molecular flexibility index (Phi) is 5.41. The minimum atomic E-state index is -0.405. The normalized spacial score (nSPS) is 10.3. The summed E-state index contributed by atoms with van der Waals surface area (Å²) in [6, 6.07) is 10.5. The molecule has 0 radical (unpaired) electrons. The zero-order valence-corrected chi connectivity index (χ0v) is 13.1. The Morgan fingerprint density at radius 3 is 2.43 bits per heavy atom. The minimum Gasteiger partial charge on any atom is -0.459 e. The molecule has 6 nitrogen and oxygen atoms in total. The molecule has 2 rings (SSSR count). The number of rotatable bonds is 6. The summed E-state index contributed by atoms with van der Waals surface area (Å²) in [6.07, 6.45) is 1.56. The summed E-state index contributed by atoms with van der Waals surface area (Å²) in [5, 5.41) is 10.6. The van der Waals surface area contributed by atoms with Crippen molar-refractivity contribution in [1.82, 2.24) is 4.98 Å². The van der Waals surface area contributed by atoms with Crippen LogP contribution in [0.1, 0.15) is 29.4 Å². The highest BCUT2D eigenvalue weighted by Crippen LogP contribution is 2.15. The molecular weight excluding hydrogens is 296 g/mol. The maximum atomic E-state index is 10.9. The van der Waals surface area contributed by atoms with Crippen LogP contribution in [0.2, 0.25) is 0 Å². The van der Waals surface area contributed by atoms with Crippen molar-refractivity contribution in [2.45, 2.75) is 33.3 Å². The van der Waals surface area contributed by atoms with E-state index in [1.165, 1.54) is 19.1 Å². The van der Waals surface area contributed by atoms with Crippen molar-refractivity contribution in [2.24, 2.45) is 0 Å². The standard InChI is InChI=1S/C17H18N2O4/c1-12-9-15(10-16(18-12)11-23-13(2)20)4-3-14-5-7-17(8-6-14)19(21)22/h5-10H,3-4,11H2,1-2H3. The van der Waals surface area contributed by atoms with Crippen molar-refractivity contribution in [3.63, 3.8) is 0 Å². The average Bonchev–Trinajstić information content (AvgIpc) is 2.51. The van der Waals surface area contributed by atoms with E-state index in [-0.39, 0.29) is 18.3 Å². The van der Waals surface area contributed by atoms with Gasteiger partial charge in [-0.15, -0.1) is 0 Å². The van der Waals surface area contributed by atoms with E-state index in [1.54, 1.807) is 12.1 Å². The molecule has 0 aliphatic rings. The van der Waals surface area contributed by atoms with Crippen LogP contribution in [0.3, 0.4) is 0 Å². The van der Waals surface area contributed by atoms with Gasteiger partial charge < -0.3 is 4.74 Å². The molecule has 23 heavy (non-hydrogen) atoms. The Morgan fingerprint density at radius 1 is 1.17 bits per heavy atom. The van der Waals surface area contributed by atoms with Gasteiger partial charge in [0.2, 0.25) is 0 Å². The van der Waals surface area contributed by atoms with E-state index in [9.17, 15) is 14.9 Å². The van der Waals surface area contributed by atoms with Gasteiger partial charge in [-0.3, -0.25) is 19.9 Å². The first-order chi connectivity index (χ1) is 10.9. The Balaban J connectivity index is 2.02. The van der Waals surface area contributed by atoms with Crippen molar-refractivity contribution < 1.29 is 14.5 Å². The largest absolute Gasteiger partial charge is 0.459 e. The molecule has 6 heteroatoms. The topological polar surface area (TPSA) is 82.3 Å². The van der Waals surface area contributed by atoms with Crippen LogP contribution < -0.4 is 0 Å². The molecule has 0 bridgehead atoms. The number of nitrogens with zero attached hydrogens (tertiary/aromatic N) is 2. The molecule has 0 N–H and O–H groups in total. The molecule has 0 atom stereocenters. The third kappa shape index (κ3) is 5.18. The Morgan fingerprint density at radius 2 is 1.83 bits per heavy atom. The van der Waals surface area contributed by atoms with Gasteiger partial charge in [0.05, 0.1) is 10.6 Å². The molecule has 0 fully saturated rings. The molecule has 0 aliphatic heterocycles. The number of benzene rings is 1. The van der Waals surface area contributed by atoms with E-state index in [1.807, 2.05) is 19.1 Å². The molecule has 2 aromatic rings. The van der Waals surface area contributed by atoms with Crippen molar-refractivity contribution in [3.8, 4) is 0 Å². The van der Waals surface area contributed by atoms with E-state index < -0.39 is 4.92 Å². The van der Waals surface area contributed by atoms with E-state index in [2.05, 4.69) is 4.98 Å². The van der Waals surface area contributed by atoms with Crippen LogP contribution in [0.4, 0.5) is 5.69 Å². The number of hydrogen-bond donors (Lipinski definition) is 0. The highest BCUT2D eigenvalue weighted by molar-refractivity contribution is 5.65. The maximum absolute atomic E-state index is 10.9. The predicted octanol–water partition coefficient (Wildman–Crippen LogP) is 3.15.